The number of nitrogens with one attached hydrogen (secondary N) is 1. The van der Waals surface area contributed by atoms with E-state index in [1.807, 2.05) is 13.8 Å². The molecule has 2 N–H and O–H groups in total. The van der Waals surface area contributed by atoms with Crippen molar-refractivity contribution in [2.24, 2.45) is 5.92 Å². The topological polar surface area (TPSA) is 69.6 Å². The quantitative estimate of drug-likeness (QED) is 0.779. The number of carboxylic acids is 1. The van der Waals surface area contributed by atoms with Crippen molar-refractivity contribution in [1.82, 2.24) is 10.2 Å². The van der Waals surface area contributed by atoms with E-state index in [0.29, 0.717) is 12.5 Å². The summed E-state index contributed by atoms with van der Waals surface area (Å²) in [5.74, 6) is -0.408. The van der Waals surface area contributed by atoms with Crippen molar-refractivity contribution in [2.45, 2.75) is 58.4 Å². The highest BCUT2D eigenvalue weighted by Crippen LogP contribution is 2.22. The standard InChI is InChI=1S/C14H26N2O3/c1-3-11(2)16(10-13(17)18)14(19)15-9-12-7-5-4-6-8-12/h11-12H,3-10H2,1-2H3,(H,15,19)(H,17,18). The molecule has 1 aliphatic carbocycles. The zero-order valence-corrected chi connectivity index (χ0v) is 12.0. The molecule has 0 aromatic heterocycles. The minimum absolute atomic E-state index is 0.0533. The molecule has 0 aromatic rings. The highest BCUT2D eigenvalue weighted by atomic mass is 16.4. The number of carboxylic acid groups (broad SMARTS) is 1. The second kappa shape index (κ2) is 8.02. The van der Waals surface area contributed by atoms with Crippen LogP contribution in [0.2, 0.25) is 0 Å². The molecule has 1 saturated carbocycles. The predicted octanol–water partition coefficient (Wildman–Crippen LogP) is 2.46. The van der Waals surface area contributed by atoms with Crippen LogP contribution >= 0.6 is 0 Å². The Bertz CT molecular complexity index is 301. The Labute approximate surface area is 115 Å². The van der Waals surface area contributed by atoms with Gasteiger partial charge in [0.1, 0.15) is 6.54 Å². The Morgan fingerprint density at radius 1 is 1.32 bits per heavy atom. The lowest BCUT2D eigenvalue weighted by Crippen LogP contribution is -2.48. The van der Waals surface area contributed by atoms with Crippen LogP contribution in [0.4, 0.5) is 4.79 Å². The number of nitrogens with zero attached hydrogens (tertiary/aromatic N) is 1. The summed E-state index contributed by atoms with van der Waals surface area (Å²) in [5.41, 5.74) is 0. The number of amides is 2. The van der Waals surface area contributed by atoms with Gasteiger partial charge >= 0.3 is 12.0 Å². The van der Waals surface area contributed by atoms with E-state index in [2.05, 4.69) is 5.32 Å². The van der Waals surface area contributed by atoms with Gasteiger partial charge in [-0.05, 0) is 32.1 Å². The summed E-state index contributed by atoms with van der Waals surface area (Å²) < 4.78 is 0. The third kappa shape index (κ3) is 5.49. The summed E-state index contributed by atoms with van der Waals surface area (Å²) in [7, 11) is 0. The molecule has 1 rings (SSSR count). The summed E-state index contributed by atoms with van der Waals surface area (Å²) in [6.07, 6.45) is 6.87. The van der Waals surface area contributed by atoms with Crippen LogP contribution < -0.4 is 5.32 Å². The van der Waals surface area contributed by atoms with Crippen LogP contribution in [-0.4, -0.2) is 41.1 Å². The van der Waals surface area contributed by atoms with Crippen molar-refractivity contribution in [2.75, 3.05) is 13.1 Å². The molecular weight excluding hydrogens is 244 g/mol. The van der Waals surface area contributed by atoms with Crippen LogP contribution in [0.15, 0.2) is 0 Å². The number of rotatable bonds is 6. The van der Waals surface area contributed by atoms with E-state index in [1.54, 1.807) is 0 Å². The van der Waals surface area contributed by atoms with E-state index < -0.39 is 5.97 Å². The number of carbonyl (C=O) groups is 2. The Morgan fingerprint density at radius 3 is 2.47 bits per heavy atom. The van der Waals surface area contributed by atoms with E-state index >= 15 is 0 Å². The van der Waals surface area contributed by atoms with Gasteiger partial charge in [0.25, 0.3) is 0 Å². The molecule has 19 heavy (non-hydrogen) atoms. The number of hydrogen-bond donors (Lipinski definition) is 2. The van der Waals surface area contributed by atoms with E-state index in [-0.39, 0.29) is 18.6 Å². The fraction of sp³-hybridized carbons (Fsp3) is 0.857. The highest BCUT2D eigenvalue weighted by Gasteiger charge is 2.22. The van der Waals surface area contributed by atoms with Gasteiger partial charge < -0.3 is 15.3 Å². The summed E-state index contributed by atoms with van der Waals surface area (Å²) in [4.78, 5) is 24.3. The highest BCUT2D eigenvalue weighted by molar-refractivity contribution is 5.80. The zero-order chi connectivity index (χ0) is 14.3. The molecule has 0 radical (unpaired) electrons. The van der Waals surface area contributed by atoms with Crippen molar-refractivity contribution in [3.63, 3.8) is 0 Å². The van der Waals surface area contributed by atoms with Crippen LogP contribution in [0.1, 0.15) is 52.4 Å². The lowest BCUT2D eigenvalue weighted by Gasteiger charge is -2.29. The largest absolute Gasteiger partial charge is 0.480 e. The molecule has 0 bridgehead atoms. The van der Waals surface area contributed by atoms with Gasteiger partial charge in [0.05, 0.1) is 0 Å². The third-order valence-electron chi connectivity index (χ3n) is 3.96. The first-order chi connectivity index (χ1) is 9.04. The molecule has 0 aliphatic heterocycles. The average molecular weight is 270 g/mol. The van der Waals surface area contributed by atoms with Crippen molar-refractivity contribution < 1.29 is 14.7 Å². The van der Waals surface area contributed by atoms with Gasteiger partial charge in [-0.2, -0.15) is 0 Å². The maximum Gasteiger partial charge on any atom is 0.323 e. The first-order valence-electron chi connectivity index (χ1n) is 7.30. The molecule has 1 fully saturated rings. The molecule has 0 saturated heterocycles. The number of hydrogen-bond acceptors (Lipinski definition) is 2. The summed E-state index contributed by atoms with van der Waals surface area (Å²) in [6, 6.07) is -0.301. The summed E-state index contributed by atoms with van der Waals surface area (Å²) >= 11 is 0. The first kappa shape index (κ1) is 15.8. The van der Waals surface area contributed by atoms with Crippen LogP contribution in [-0.2, 0) is 4.79 Å². The van der Waals surface area contributed by atoms with Gasteiger partial charge in [-0.15, -0.1) is 0 Å². The normalized spacial score (nSPS) is 17.8. The molecule has 0 heterocycles. The number of urea groups is 1. The van der Waals surface area contributed by atoms with Gasteiger partial charge in [-0.3, -0.25) is 4.79 Å². The maximum atomic E-state index is 12.1. The van der Waals surface area contributed by atoms with E-state index in [9.17, 15) is 9.59 Å². The van der Waals surface area contributed by atoms with Gasteiger partial charge in [0.15, 0.2) is 0 Å². The fourth-order valence-corrected chi connectivity index (χ4v) is 2.52. The van der Waals surface area contributed by atoms with Crippen molar-refractivity contribution in [3.8, 4) is 0 Å². The summed E-state index contributed by atoms with van der Waals surface area (Å²) in [5, 5.41) is 11.8. The predicted molar refractivity (Wildman–Crippen MR) is 74.1 cm³/mol. The third-order valence-corrected chi connectivity index (χ3v) is 3.96. The Hall–Kier alpha value is -1.26. The number of carbonyl (C=O) groups excluding carboxylic acids is 1. The minimum Gasteiger partial charge on any atom is -0.480 e. The molecule has 2 amide bonds. The fourth-order valence-electron chi connectivity index (χ4n) is 2.52. The Morgan fingerprint density at radius 2 is 1.95 bits per heavy atom. The van der Waals surface area contributed by atoms with Crippen molar-refractivity contribution in [3.05, 3.63) is 0 Å². The van der Waals surface area contributed by atoms with Gasteiger partial charge in [-0.25, -0.2) is 4.79 Å². The lowest BCUT2D eigenvalue weighted by molar-refractivity contribution is -0.138. The Balaban J connectivity index is 2.43. The van der Waals surface area contributed by atoms with Gasteiger partial charge in [0.2, 0.25) is 0 Å². The van der Waals surface area contributed by atoms with Gasteiger partial charge in [-0.1, -0.05) is 26.2 Å². The van der Waals surface area contributed by atoms with Crippen molar-refractivity contribution >= 4 is 12.0 Å². The maximum absolute atomic E-state index is 12.1. The van der Waals surface area contributed by atoms with Crippen LogP contribution in [0.3, 0.4) is 0 Å². The molecule has 1 unspecified atom stereocenters. The molecule has 0 spiro atoms. The average Bonchev–Trinajstić information content (AvgIpc) is 2.42. The Kier molecular flexibility index (Phi) is 6.67. The SMILES string of the molecule is CCC(C)N(CC(=O)O)C(=O)NCC1CCCCC1. The molecule has 5 heteroatoms. The van der Waals surface area contributed by atoms with E-state index in [4.69, 9.17) is 5.11 Å². The molecule has 0 aromatic carbocycles. The van der Waals surface area contributed by atoms with E-state index in [0.717, 1.165) is 6.42 Å². The van der Waals surface area contributed by atoms with E-state index in [1.165, 1.54) is 37.0 Å². The van der Waals surface area contributed by atoms with Gasteiger partial charge in [0, 0.05) is 12.6 Å². The lowest BCUT2D eigenvalue weighted by atomic mass is 9.89. The zero-order valence-electron chi connectivity index (χ0n) is 12.0. The van der Waals surface area contributed by atoms with Crippen molar-refractivity contribution in [1.29, 1.82) is 0 Å². The first-order valence-corrected chi connectivity index (χ1v) is 7.30. The monoisotopic (exact) mass is 270 g/mol. The van der Waals surface area contributed by atoms with Crippen LogP contribution in [0, 0.1) is 5.92 Å². The molecule has 5 nitrogen and oxygen atoms in total. The van der Waals surface area contributed by atoms with Crippen LogP contribution in [0.5, 0.6) is 0 Å². The molecular formula is C14H26N2O3. The smallest absolute Gasteiger partial charge is 0.323 e. The molecule has 110 valence electrons. The molecule has 1 aliphatic rings. The van der Waals surface area contributed by atoms with Crippen LogP contribution in [0.25, 0.3) is 0 Å². The molecule has 1 atom stereocenters. The second-order valence-corrected chi connectivity index (χ2v) is 5.47. The minimum atomic E-state index is -0.965. The summed E-state index contributed by atoms with van der Waals surface area (Å²) in [6.45, 7) is 4.27. The second-order valence-electron chi connectivity index (χ2n) is 5.47. The number of aliphatic carboxylic acids is 1.